The fourth-order valence-electron chi connectivity index (χ4n) is 2.54. The molecule has 0 amide bonds. The molecule has 1 saturated carbocycles. The van der Waals surface area contributed by atoms with Crippen molar-refractivity contribution in [3.05, 3.63) is 27.9 Å². The van der Waals surface area contributed by atoms with E-state index in [0.29, 0.717) is 11.7 Å². The standard InChI is InChI=1S/C13H16N4O2/c1-9-2-3-10(6-9)8-15-13-5-4-12(17(18)19)11(7-14)16-13/h4-5,9-10H,2-3,6,8H2,1H3,(H,15,16). The summed E-state index contributed by atoms with van der Waals surface area (Å²) in [4.78, 5) is 14.1. The molecule has 0 saturated heterocycles. The third-order valence-electron chi connectivity index (χ3n) is 3.55. The van der Waals surface area contributed by atoms with Crippen LogP contribution in [-0.4, -0.2) is 16.5 Å². The summed E-state index contributed by atoms with van der Waals surface area (Å²) < 4.78 is 0. The Kier molecular flexibility index (Phi) is 3.95. The monoisotopic (exact) mass is 260 g/mol. The van der Waals surface area contributed by atoms with E-state index < -0.39 is 4.92 Å². The Hall–Kier alpha value is -2.16. The largest absolute Gasteiger partial charge is 0.370 e. The van der Waals surface area contributed by atoms with E-state index >= 15 is 0 Å². The predicted octanol–water partition coefficient (Wildman–Crippen LogP) is 2.71. The van der Waals surface area contributed by atoms with Crippen LogP contribution in [0.25, 0.3) is 0 Å². The van der Waals surface area contributed by atoms with Gasteiger partial charge in [-0.25, -0.2) is 4.98 Å². The Morgan fingerprint density at radius 1 is 1.58 bits per heavy atom. The number of aromatic nitrogens is 1. The smallest absolute Gasteiger partial charge is 0.305 e. The molecule has 6 nitrogen and oxygen atoms in total. The molecule has 0 radical (unpaired) electrons. The van der Waals surface area contributed by atoms with Crippen LogP contribution in [0.2, 0.25) is 0 Å². The molecule has 2 unspecified atom stereocenters. The number of hydrogen-bond donors (Lipinski definition) is 1. The molecule has 2 atom stereocenters. The van der Waals surface area contributed by atoms with Crippen LogP contribution < -0.4 is 5.32 Å². The molecule has 1 heterocycles. The summed E-state index contributed by atoms with van der Waals surface area (Å²) in [6.07, 6.45) is 3.65. The van der Waals surface area contributed by atoms with Gasteiger partial charge < -0.3 is 5.32 Å². The highest BCUT2D eigenvalue weighted by atomic mass is 16.6. The molecule has 0 bridgehead atoms. The average Bonchev–Trinajstić information content (AvgIpc) is 2.81. The first kappa shape index (κ1) is 13.3. The molecule has 1 fully saturated rings. The van der Waals surface area contributed by atoms with Gasteiger partial charge in [0.05, 0.1) is 4.92 Å². The van der Waals surface area contributed by atoms with Crippen LogP contribution in [0.15, 0.2) is 12.1 Å². The van der Waals surface area contributed by atoms with Crippen molar-refractivity contribution in [2.45, 2.75) is 26.2 Å². The first-order valence-corrected chi connectivity index (χ1v) is 6.39. The van der Waals surface area contributed by atoms with Gasteiger partial charge in [-0.1, -0.05) is 13.3 Å². The van der Waals surface area contributed by atoms with Gasteiger partial charge in [-0.05, 0) is 30.7 Å². The minimum atomic E-state index is -0.589. The second-order valence-corrected chi connectivity index (χ2v) is 5.10. The van der Waals surface area contributed by atoms with E-state index in [1.165, 1.54) is 25.3 Å². The van der Waals surface area contributed by atoms with Crippen LogP contribution in [0.1, 0.15) is 31.9 Å². The summed E-state index contributed by atoms with van der Waals surface area (Å²) in [5.41, 5.74) is -0.391. The van der Waals surface area contributed by atoms with E-state index in [-0.39, 0.29) is 11.4 Å². The van der Waals surface area contributed by atoms with E-state index in [1.54, 1.807) is 12.1 Å². The van der Waals surface area contributed by atoms with E-state index in [1.807, 2.05) is 0 Å². The molecular weight excluding hydrogens is 244 g/mol. The van der Waals surface area contributed by atoms with Crippen LogP contribution in [0, 0.1) is 33.3 Å². The van der Waals surface area contributed by atoms with Crippen molar-refractivity contribution in [2.75, 3.05) is 11.9 Å². The number of nitrogens with zero attached hydrogens (tertiary/aromatic N) is 3. The predicted molar refractivity (Wildman–Crippen MR) is 70.6 cm³/mol. The number of nitro groups is 1. The van der Waals surface area contributed by atoms with Crippen molar-refractivity contribution in [3.8, 4) is 6.07 Å². The first-order valence-electron chi connectivity index (χ1n) is 6.39. The lowest BCUT2D eigenvalue weighted by Crippen LogP contribution is -2.12. The zero-order valence-corrected chi connectivity index (χ0v) is 10.8. The molecule has 2 rings (SSSR count). The second-order valence-electron chi connectivity index (χ2n) is 5.10. The molecular formula is C13H16N4O2. The Morgan fingerprint density at radius 3 is 2.95 bits per heavy atom. The first-order chi connectivity index (χ1) is 9.10. The van der Waals surface area contributed by atoms with Gasteiger partial charge in [0.2, 0.25) is 5.69 Å². The molecule has 1 aromatic rings. The lowest BCUT2D eigenvalue weighted by Gasteiger charge is -2.11. The van der Waals surface area contributed by atoms with Gasteiger partial charge >= 0.3 is 5.69 Å². The maximum Gasteiger partial charge on any atom is 0.305 e. The zero-order valence-electron chi connectivity index (χ0n) is 10.8. The SMILES string of the molecule is CC1CCC(CNc2ccc([N+](=O)[O-])c(C#N)n2)C1. The Morgan fingerprint density at radius 2 is 2.37 bits per heavy atom. The van der Waals surface area contributed by atoms with Crippen LogP contribution in [-0.2, 0) is 0 Å². The highest BCUT2D eigenvalue weighted by Gasteiger charge is 2.21. The van der Waals surface area contributed by atoms with Crippen LogP contribution in [0.4, 0.5) is 11.5 Å². The minimum Gasteiger partial charge on any atom is -0.370 e. The molecule has 6 heteroatoms. The maximum atomic E-state index is 10.7. The third kappa shape index (κ3) is 3.19. The van der Waals surface area contributed by atoms with E-state index in [0.717, 1.165) is 12.5 Å². The van der Waals surface area contributed by atoms with Crippen molar-refractivity contribution < 1.29 is 4.92 Å². The van der Waals surface area contributed by atoms with Gasteiger partial charge in [-0.3, -0.25) is 10.1 Å². The minimum absolute atomic E-state index is 0.144. The number of rotatable bonds is 4. The van der Waals surface area contributed by atoms with E-state index in [4.69, 9.17) is 5.26 Å². The van der Waals surface area contributed by atoms with Crippen molar-refractivity contribution >= 4 is 11.5 Å². The average molecular weight is 260 g/mol. The Labute approximate surface area is 111 Å². The lowest BCUT2D eigenvalue weighted by atomic mass is 10.1. The fourth-order valence-corrected chi connectivity index (χ4v) is 2.54. The van der Waals surface area contributed by atoms with Gasteiger partial charge in [0.25, 0.3) is 0 Å². The van der Waals surface area contributed by atoms with Crippen molar-refractivity contribution in [2.24, 2.45) is 11.8 Å². The van der Waals surface area contributed by atoms with Gasteiger partial charge in [-0.15, -0.1) is 0 Å². The zero-order chi connectivity index (χ0) is 13.8. The van der Waals surface area contributed by atoms with Crippen molar-refractivity contribution in [1.82, 2.24) is 4.98 Å². The molecule has 0 spiro atoms. The van der Waals surface area contributed by atoms with Gasteiger partial charge in [0.1, 0.15) is 11.9 Å². The quantitative estimate of drug-likeness (QED) is 0.663. The summed E-state index contributed by atoms with van der Waals surface area (Å²) in [6, 6.07) is 4.64. The summed E-state index contributed by atoms with van der Waals surface area (Å²) >= 11 is 0. The highest BCUT2D eigenvalue weighted by Crippen LogP contribution is 2.30. The molecule has 1 aromatic heterocycles. The summed E-state index contributed by atoms with van der Waals surface area (Å²) in [5, 5.41) is 22.7. The van der Waals surface area contributed by atoms with Crippen LogP contribution >= 0.6 is 0 Å². The van der Waals surface area contributed by atoms with Crippen molar-refractivity contribution in [3.63, 3.8) is 0 Å². The van der Waals surface area contributed by atoms with Gasteiger partial charge in [-0.2, -0.15) is 5.26 Å². The fraction of sp³-hybridized carbons (Fsp3) is 0.538. The van der Waals surface area contributed by atoms with E-state index in [9.17, 15) is 10.1 Å². The topological polar surface area (TPSA) is 91.9 Å². The molecule has 1 aliphatic rings. The normalized spacial score (nSPS) is 21.9. The highest BCUT2D eigenvalue weighted by molar-refractivity contribution is 5.50. The molecule has 0 aliphatic heterocycles. The number of pyridine rings is 1. The second kappa shape index (κ2) is 5.65. The summed E-state index contributed by atoms with van der Waals surface area (Å²) in [6.45, 7) is 3.05. The van der Waals surface area contributed by atoms with Crippen molar-refractivity contribution in [1.29, 1.82) is 5.26 Å². The lowest BCUT2D eigenvalue weighted by molar-refractivity contribution is -0.385. The molecule has 1 aliphatic carbocycles. The Balaban J connectivity index is 2.02. The molecule has 100 valence electrons. The molecule has 1 N–H and O–H groups in total. The number of hydrogen-bond acceptors (Lipinski definition) is 5. The molecule has 19 heavy (non-hydrogen) atoms. The Bertz CT molecular complexity index is 524. The van der Waals surface area contributed by atoms with Gasteiger partial charge in [0.15, 0.2) is 0 Å². The van der Waals surface area contributed by atoms with E-state index in [2.05, 4.69) is 17.2 Å². The number of nitrogens with one attached hydrogen (secondary N) is 1. The molecule has 0 aromatic carbocycles. The summed E-state index contributed by atoms with van der Waals surface area (Å²) in [5.74, 6) is 1.92. The van der Waals surface area contributed by atoms with Crippen LogP contribution in [0.3, 0.4) is 0 Å². The van der Waals surface area contributed by atoms with Gasteiger partial charge in [0, 0.05) is 12.6 Å². The number of anilines is 1. The maximum absolute atomic E-state index is 10.7. The summed E-state index contributed by atoms with van der Waals surface area (Å²) in [7, 11) is 0. The van der Waals surface area contributed by atoms with Crippen LogP contribution in [0.5, 0.6) is 0 Å². The number of nitriles is 1. The third-order valence-corrected chi connectivity index (χ3v) is 3.55.